The van der Waals surface area contributed by atoms with Crippen LogP contribution in [-0.2, 0) is 0 Å². The number of benzene rings is 1. The third kappa shape index (κ3) is 4.41. The van der Waals surface area contributed by atoms with Crippen LogP contribution in [0.2, 0.25) is 0 Å². The van der Waals surface area contributed by atoms with E-state index >= 15 is 0 Å². The van der Waals surface area contributed by atoms with Gasteiger partial charge in [-0.3, -0.25) is 10.1 Å². The molecule has 2 aromatic rings. The van der Waals surface area contributed by atoms with E-state index in [4.69, 9.17) is 14.2 Å². The fourth-order valence-electron chi connectivity index (χ4n) is 3.04. The van der Waals surface area contributed by atoms with Gasteiger partial charge >= 0.3 is 0 Å². The molecule has 0 aliphatic carbocycles. The first kappa shape index (κ1) is 19.2. The van der Waals surface area contributed by atoms with Crippen LogP contribution in [0.5, 0.6) is 17.2 Å². The second kappa shape index (κ2) is 8.90. The van der Waals surface area contributed by atoms with Crippen molar-refractivity contribution in [3.05, 3.63) is 17.7 Å². The lowest BCUT2D eigenvalue weighted by Crippen LogP contribution is -2.23. The van der Waals surface area contributed by atoms with E-state index in [1.165, 1.54) is 45.5 Å². The maximum absolute atomic E-state index is 12.7. The van der Waals surface area contributed by atoms with Crippen molar-refractivity contribution >= 4 is 27.5 Å². The maximum Gasteiger partial charge on any atom is 0.257 e. The summed E-state index contributed by atoms with van der Waals surface area (Å²) in [6, 6.07) is 3.21. The molecule has 27 heavy (non-hydrogen) atoms. The molecule has 0 unspecified atom stereocenters. The van der Waals surface area contributed by atoms with Crippen LogP contribution in [0.25, 0.3) is 0 Å². The van der Waals surface area contributed by atoms with Gasteiger partial charge in [-0.2, -0.15) is 0 Å². The Hall–Kier alpha value is -2.55. The lowest BCUT2D eigenvalue weighted by atomic mass is 10.1. The molecule has 0 radical (unpaired) electrons. The fraction of sp³-hybridized carbons (Fsp3) is 0.500. The van der Waals surface area contributed by atoms with Gasteiger partial charge in [0.05, 0.1) is 21.3 Å². The van der Waals surface area contributed by atoms with E-state index in [1.807, 2.05) is 0 Å². The third-order valence-corrected chi connectivity index (χ3v) is 5.34. The van der Waals surface area contributed by atoms with Crippen molar-refractivity contribution in [1.82, 2.24) is 10.2 Å². The molecule has 9 heteroatoms. The van der Waals surface area contributed by atoms with Gasteiger partial charge in [0, 0.05) is 18.7 Å². The summed E-state index contributed by atoms with van der Waals surface area (Å²) < 4.78 is 15.9. The van der Waals surface area contributed by atoms with Crippen LogP contribution >= 0.6 is 11.3 Å². The van der Waals surface area contributed by atoms with Crippen LogP contribution in [0.1, 0.15) is 36.0 Å². The first-order valence-electron chi connectivity index (χ1n) is 8.86. The average Bonchev–Trinajstić information content (AvgIpc) is 2.98. The summed E-state index contributed by atoms with van der Waals surface area (Å²) in [5.41, 5.74) is 0.385. The zero-order valence-electron chi connectivity index (χ0n) is 15.8. The number of anilines is 2. The second-order valence-electron chi connectivity index (χ2n) is 6.16. The van der Waals surface area contributed by atoms with Crippen molar-refractivity contribution in [2.24, 2.45) is 0 Å². The summed E-state index contributed by atoms with van der Waals surface area (Å²) >= 11 is 1.38. The zero-order chi connectivity index (χ0) is 19.2. The molecule has 1 aliphatic rings. The SMILES string of the molecule is COc1cc(C(=O)Nc2nnc(N3CCCCCC3)s2)cc(OC)c1OC. The Morgan fingerprint density at radius 3 is 2.19 bits per heavy atom. The molecule has 1 aromatic carbocycles. The van der Waals surface area contributed by atoms with Gasteiger partial charge < -0.3 is 19.1 Å². The Kier molecular flexibility index (Phi) is 6.33. The number of rotatable bonds is 6. The average molecular weight is 392 g/mol. The molecule has 0 spiro atoms. The van der Waals surface area contributed by atoms with E-state index in [-0.39, 0.29) is 5.91 Å². The molecule has 1 fully saturated rings. The van der Waals surface area contributed by atoms with Gasteiger partial charge in [-0.15, -0.1) is 10.2 Å². The summed E-state index contributed by atoms with van der Waals surface area (Å²) in [5, 5.41) is 12.5. The zero-order valence-corrected chi connectivity index (χ0v) is 16.6. The van der Waals surface area contributed by atoms with Crippen LogP contribution in [0.15, 0.2) is 12.1 Å². The molecule has 1 aromatic heterocycles. The summed E-state index contributed by atoms with van der Waals surface area (Å²) in [4.78, 5) is 14.9. The Bertz CT molecular complexity index is 762. The Morgan fingerprint density at radius 2 is 1.63 bits per heavy atom. The maximum atomic E-state index is 12.7. The van der Waals surface area contributed by atoms with E-state index in [0.717, 1.165) is 31.1 Å². The second-order valence-corrected chi connectivity index (χ2v) is 7.12. The van der Waals surface area contributed by atoms with Gasteiger partial charge in [0.1, 0.15) is 0 Å². The number of hydrogen-bond acceptors (Lipinski definition) is 8. The monoisotopic (exact) mass is 392 g/mol. The van der Waals surface area contributed by atoms with Gasteiger partial charge in [-0.25, -0.2) is 0 Å². The number of carbonyl (C=O) groups excluding carboxylic acids is 1. The first-order chi connectivity index (χ1) is 13.2. The number of amides is 1. The van der Waals surface area contributed by atoms with E-state index in [0.29, 0.717) is 27.9 Å². The number of methoxy groups -OCH3 is 3. The molecule has 1 N–H and O–H groups in total. The molecular weight excluding hydrogens is 368 g/mol. The van der Waals surface area contributed by atoms with Crippen LogP contribution in [0, 0.1) is 0 Å². The molecule has 1 amide bonds. The number of aromatic nitrogens is 2. The number of carbonyl (C=O) groups is 1. The van der Waals surface area contributed by atoms with E-state index in [1.54, 1.807) is 12.1 Å². The van der Waals surface area contributed by atoms with Crippen LogP contribution in [0.4, 0.5) is 10.3 Å². The van der Waals surface area contributed by atoms with Gasteiger partial charge in [-0.1, -0.05) is 24.2 Å². The largest absolute Gasteiger partial charge is 0.493 e. The standard InChI is InChI=1S/C18H24N4O4S/c1-24-13-10-12(11-14(25-2)15(13)26-3)16(23)19-17-20-21-18(27-17)22-8-6-4-5-7-9-22/h10-11H,4-9H2,1-3H3,(H,19,20,23). The van der Waals surface area contributed by atoms with E-state index in [9.17, 15) is 4.79 Å². The molecule has 1 saturated heterocycles. The molecule has 146 valence electrons. The number of nitrogens with one attached hydrogen (secondary N) is 1. The smallest absolute Gasteiger partial charge is 0.257 e. The summed E-state index contributed by atoms with van der Waals surface area (Å²) in [5.74, 6) is 0.970. The molecule has 8 nitrogen and oxygen atoms in total. The highest BCUT2D eigenvalue weighted by atomic mass is 32.1. The van der Waals surface area contributed by atoms with E-state index < -0.39 is 0 Å². The Labute approximate surface area is 162 Å². The van der Waals surface area contributed by atoms with Gasteiger partial charge in [0.15, 0.2) is 11.5 Å². The number of hydrogen-bond donors (Lipinski definition) is 1. The predicted octanol–water partition coefficient (Wildman–Crippen LogP) is 3.20. The molecular formula is C18H24N4O4S. The van der Waals surface area contributed by atoms with Crippen molar-refractivity contribution < 1.29 is 19.0 Å². The minimum atomic E-state index is -0.312. The van der Waals surface area contributed by atoms with Gasteiger partial charge in [0.25, 0.3) is 5.91 Å². The molecule has 1 aliphatic heterocycles. The first-order valence-corrected chi connectivity index (χ1v) is 9.67. The summed E-state index contributed by atoms with van der Waals surface area (Å²) in [6.45, 7) is 1.96. The fourth-order valence-corrected chi connectivity index (χ4v) is 3.83. The minimum Gasteiger partial charge on any atom is -0.493 e. The molecule has 3 rings (SSSR count). The van der Waals surface area contributed by atoms with Gasteiger partial charge in [-0.05, 0) is 25.0 Å². The normalized spacial score (nSPS) is 14.4. The molecule has 2 heterocycles. The lowest BCUT2D eigenvalue weighted by molar-refractivity contribution is 0.102. The highest BCUT2D eigenvalue weighted by Crippen LogP contribution is 2.38. The number of ether oxygens (including phenoxy) is 3. The number of nitrogens with zero attached hydrogens (tertiary/aromatic N) is 3. The quantitative estimate of drug-likeness (QED) is 0.808. The van der Waals surface area contributed by atoms with Crippen LogP contribution in [0.3, 0.4) is 0 Å². The molecule has 0 atom stereocenters. The summed E-state index contributed by atoms with van der Waals surface area (Å²) in [6.07, 6.45) is 4.82. The Morgan fingerprint density at radius 1 is 1.00 bits per heavy atom. The highest BCUT2D eigenvalue weighted by Gasteiger charge is 2.19. The topological polar surface area (TPSA) is 85.8 Å². The third-order valence-electron chi connectivity index (χ3n) is 4.44. The highest BCUT2D eigenvalue weighted by molar-refractivity contribution is 7.19. The van der Waals surface area contributed by atoms with Crippen molar-refractivity contribution in [3.63, 3.8) is 0 Å². The van der Waals surface area contributed by atoms with Gasteiger partial charge in [0.2, 0.25) is 16.0 Å². The minimum absolute atomic E-state index is 0.312. The summed E-state index contributed by atoms with van der Waals surface area (Å²) in [7, 11) is 4.54. The van der Waals surface area contributed by atoms with Crippen LogP contribution in [-0.4, -0.2) is 50.5 Å². The molecule has 0 saturated carbocycles. The van der Waals surface area contributed by atoms with Crippen LogP contribution < -0.4 is 24.4 Å². The van der Waals surface area contributed by atoms with Crippen molar-refractivity contribution in [1.29, 1.82) is 0 Å². The molecule has 0 bridgehead atoms. The lowest BCUT2D eigenvalue weighted by Gasteiger charge is -2.17. The Balaban J connectivity index is 1.75. The van der Waals surface area contributed by atoms with Crippen molar-refractivity contribution in [2.75, 3.05) is 44.6 Å². The van der Waals surface area contributed by atoms with Crippen molar-refractivity contribution in [2.45, 2.75) is 25.7 Å². The van der Waals surface area contributed by atoms with E-state index in [2.05, 4.69) is 20.4 Å². The van der Waals surface area contributed by atoms with Crippen molar-refractivity contribution in [3.8, 4) is 17.2 Å². The predicted molar refractivity (Wildman–Crippen MR) is 105 cm³/mol.